The van der Waals surface area contributed by atoms with Crippen molar-refractivity contribution in [2.75, 3.05) is 18.0 Å². The van der Waals surface area contributed by atoms with Gasteiger partial charge in [-0.15, -0.1) is 5.10 Å². The van der Waals surface area contributed by atoms with E-state index in [0.29, 0.717) is 16.6 Å². The summed E-state index contributed by atoms with van der Waals surface area (Å²) in [4.78, 5) is 38.5. The molecule has 0 spiro atoms. The molecule has 8 nitrogen and oxygen atoms in total. The molecule has 1 unspecified atom stereocenters. The van der Waals surface area contributed by atoms with Crippen LogP contribution >= 0.6 is 0 Å². The van der Waals surface area contributed by atoms with Crippen LogP contribution in [0.2, 0.25) is 0 Å². The number of benzene rings is 2. The van der Waals surface area contributed by atoms with E-state index in [0.717, 1.165) is 0 Å². The van der Waals surface area contributed by atoms with Crippen LogP contribution in [0.5, 0.6) is 0 Å². The van der Waals surface area contributed by atoms with Gasteiger partial charge in [-0.1, -0.05) is 17.3 Å². The van der Waals surface area contributed by atoms with Crippen LogP contribution in [0.1, 0.15) is 6.42 Å². The van der Waals surface area contributed by atoms with E-state index in [9.17, 15) is 18.8 Å². The molecule has 4 rings (SSSR count). The average Bonchev–Trinajstić information content (AvgIpc) is 3.12. The zero-order chi connectivity index (χ0) is 20.4. The first kappa shape index (κ1) is 18.7. The molecule has 3 aromatic rings. The lowest BCUT2D eigenvalue weighted by Gasteiger charge is -2.16. The molecule has 29 heavy (non-hydrogen) atoms. The van der Waals surface area contributed by atoms with Gasteiger partial charge in [-0.3, -0.25) is 14.4 Å². The molecule has 2 aromatic carbocycles. The number of hydrogen-bond donors (Lipinski definition) is 1. The summed E-state index contributed by atoms with van der Waals surface area (Å²) >= 11 is 0. The number of nitrogens with zero attached hydrogens (tertiary/aromatic N) is 4. The number of anilines is 1. The molecule has 148 valence electrons. The monoisotopic (exact) mass is 395 g/mol. The van der Waals surface area contributed by atoms with Gasteiger partial charge in [-0.05, 0) is 36.4 Å². The Hall–Kier alpha value is -3.62. The zero-order valence-electron chi connectivity index (χ0n) is 15.4. The van der Waals surface area contributed by atoms with E-state index in [2.05, 4.69) is 15.6 Å². The quantitative estimate of drug-likeness (QED) is 0.698. The second-order valence-corrected chi connectivity index (χ2v) is 6.81. The first-order valence-corrected chi connectivity index (χ1v) is 9.19. The predicted molar refractivity (Wildman–Crippen MR) is 104 cm³/mol. The van der Waals surface area contributed by atoms with Gasteiger partial charge in [-0.2, -0.15) is 0 Å². The molecule has 1 saturated heterocycles. The van der Waals surface area contributed by atoms with Gasteiger partial charge in [-0.25, -0.2) is 9.07 Å². The summed E-state index contributed by atoms with van der Waals surface area (Å²) in [6.07, 6.45) is 0.0823. The predicted octanol–water partition coefficient (Wildman–Crippen LogP) is 1.10. The summed E-state index contributed by atoms with van der Waals surface area (Å²) in [6, 6.07) is 12.5. The van der Waals surface area contributed by atoms with Crippen LogP contribution in [0, 0.1) is 11.7 Å². The minimum Gasteiger partial charge on any atom is -0.354 e. The maximum atomic E-state index is 13.1. The van der Waals surface area contributed by atoms with Gasteiger partial charge < -0.3 is 10.2 Å². The molecule has 0 bridgehead atoms. The summed E-state index contributed by atoms with van der Waals surface area (Å²) in [7, 11) is 0. The second kappa shape index (κ2) is 7.78. The highest BCUT2D eigenvalue weighted by molar-refractivity contribution is 6.00. The summed E-state index contributed by atoms with van der Waals surface area (Å²) < 4.78 is 14.3. The highest BCUT2D eigenvalue weighted by Crippen LogP contribution is 2.25. The SMILES string of the molecule is O=C(NCCn1nnc2ccccc2c1=O)C1CC(=O)N(c2ccc(F)cc2)C1. The molecular weight excluding hydrogens is 377 g/mol. The Bertz CT molecular complexity index is 1130. The van der Waals surface area contributed by atoms with E-state index in [1.165, 1.54) is 33.8 Å². The van der Waals surface area contributed by atoms with E-state index in [4.69, 9.17) is 0 Å². The van der Waals surface area contributed by atoms with Crippen LogP contribution in [-0.2, 0) is 16.1 Å². The van der Waals surface area contributed by atoms with Crippen molar-refractivity contribution in [3.8, 4) is 0 Å². The third kappa shape index (κ3) is 3.84. The molecule has 9 heteroatoms. The smallest absolute Gasteiger partial charge is 0.277 e. The number of nitrogens with one attached hydrogen (secondary N) is 1. The third-order valence-electron chi connectivity index (χ3n) is 4.89. The van der Waals surface area contributed by atoms with Crippen LogP contribution in [0.15, 0.2) is 53.3 Å². The maximum Gasteiger partial charge on any atom is 0.277 e. The van der Waals surface area contributed by atoms with Gasteiger partial charge in [0.15, 0.2) is 0 Å². The standard InChI is InChI=1S/C20H18FN5O3/c21-14-5-7-15(8-6-14)25-12-13(11-18(25)27)19(28)22-9-10-26-20(29)16-3-1-2-4-17(16)23-24-26/h1-8,13H,9-12H2,(H,22,28). The van der Waals surface area contributed by atoms with Gasteiger partial charge in [0, 0.05) is 25.2 Å². The number of aromatic nitrogens is 3. The van der Waals surface area contributed by atoms with E-state index in [1.807, 2.05) is 0 Å². The van der Waals surface area contributed by atoms with Crippen molar-refractivity contribution in [2.45, 2.75) is 13.0 Å². The number of carbonyl (C=O) groups is 2. The Morgan fingerprint density at radius 1 is 1.14 bits per heavy atom. The fourth-order valence-electron chi connectivity index (χ4n) is 3.35. The Kier molecular flexibility index (Phi) is 5.03. The van der Waals surface area contributed by atoms with Crippen molar-refractivity contribution in [3.63, 3.8) is 0 Å². The van der Waals surface area contributed by atoms with E-state index in [-0.39, 0.29) is 49.2 Å². The number of fused-ring (bicyclic) bond motifs is 1. The van der Waals surface area contributed by atoms with Crippen LogP contribution in [-0.4, -0.2) is 39.9 Å². The van der Waals surface area contributed by atoms with E-state index >= 15 is 0 Å². The largest absolute Gasteiger partial charge is 0.354 e. The molecule has 2 heterocycles. The topological polar surface area (TPSA) is 97.2 Å². The maximum absolute atomic E-state index is 13.1. The third-order valence-corrected chi connectivity index (χ3v) is 4.89. The molecule has 2 amide bonds. The average molecular weight is 395 g/mol. The molecule has 1 atom stereocenters. The molecule has 0 saturated carbocycles. The van der Waals surface area contributed by atoms with Crippen LogP contribution in [0.25, 0.3) is 10.9 Å². The zero-order valence-corrected chi connectivity index (χ0v) is 15.4. The Labute approximate surface area is 164 Å². The van der Waals surface area contributed by atoms with Gasteiger partial charge in [0.1, 0.15) is 11.3 Å². The fourth-order valence-corrected chi connectivity index (χ4v) is 3.35. The van der Waals surface area contributed by atoms with Crippen molar-refractivity contribution in [1.82, 2.24) is 20.3 Å². The summed E-state index contributed by atoms with van der Waals surface area (Å²) in [5, 5.41) is 11.1. The molecule has 0 radical (unpaired) electrons. The van der Waals surface area contributed by atoms with Crippen molar-refractivity contribution in [3.05, 3.63) is 64.7 Å². The van der Waals surface area contributed by atoms with Gasteiger partial charge in [0.25, 0.3) is 5.56 Å². The first-order chi connectivity index (χ1) is 14.0. The minimum absolute atomic E-state index is 0.0823. The molecule has 1 aliphatic heterocycles. The van der Waals surface area contributed by atoms with Crippen LogP contribution in [0.4, 0.5) is 10.1 Å². The van der Waals surface area contributed by atoms with E-state index < -0.39 is 5.92 Å². The van der Waals surface area contributed by atoms with Crippen molar-refractivity contribution >= 4 is 28.4 Å². The highest BCUT2D eigenvalue weighted by Gasteiger charge is 2.34. The molecule has 1 fully saturated rings. The lowest BCUT2D eigenvalue weighted by molar-refractivity contribution is -0.126. The second-order valence-electron chi connectivity index (χ2n) is 6.81. The lowest BCUT2D eigenvalue weighted by Crippen LogP contribution is -2.36. The van der Waals surface area contributed by atoms with Gasteiger partial charge in [0.2, 0.25) is 11.8 Å². The van der Waals surface area contributed by atoms with Gasteiger partial charge in [0.05, 0.1) is 17.8 Å². The number of hydrogen-bond acceptors (Lipinski definition) is 5. The molecule has 0 aliphatic carbocycles. The molecule has 1 aromatic heterocycles. The fraction of sp³-hybridized carbons (Fsp3) is 0.250. The number of halogens is 1. The van der Waals surface area contributed by atoms with Crippen molar-refractivity contribution < 1.29 is 14.0 Å². The first-order valence-electron chi connectivity index (χ1n) is 9.19. The Balaban J connectivity index is 1.36. The van der Waals surface area contributed by atoms with Crippen molar-refractivity contribution in [2.24, 2.45) is 5.92 Å². The van der Waals surface area contributed by atoms with Crippen LogP contribution < -0.4 is 15.8 Å². The Morgan fingerprint density at radius 2 is 1.90 bits per heavy atom. The highest BCUT2D eigenvalue weighted by atomic mass is 19.1. The Morgan fingerprint density at radius 3 is 2.69 bits per heavy atom. The number of amides is 2. The molecule has 1 N–H and O–H groups in total. The number of rotatable bonds is 5. The molecule has 1 aliphatic rings. The molecular formula is C20H18FN5O3. The van der Waals surface area contributed by atoms with Crippen molar-refractivity contribution in [1.29, 1.82) is 0 Å². The van der Waals surface area contributed by atoms with Crippen LogP contribution in [0.3, 0.4) is 0 Å². The minimum atomic E-state index is -0.507. The van der Waals surface area contributed by atoms with E-state index in [1.54, 1.807) is 24.3 Å². The van der Waals surface area contributed by atoms with Gasteiger partial charge >= 0.3 is 0 Å². The summed E-state index contributed by atoms with van der Waals surface area (Å²) in [5.74, 6) is -1.35. The summed E-state index contributed by atoms with van der Waals surface area (Å²) in [6.45, 7) is 0.587. The number of carbonyl (C=O) groups excluding carboxylic acids is 2. The lowest BCUT2D eigenvalue weighted by atomic mass is 10.1. The summed E-state index contributed by atoms with van der Waals surface area (Å²) in [5.41, 5.74) is 0.802. The normalized spacial score (nSPS) is 16.4.